The van der Waals surface area contributed by atoms with E-state index >= 15 is 0 Å². The average Bonchev–Trinajstić information content (AvgIpc) is 2.10. The molecule has 0 nitrogen and oxygen atoms in total. The lowest BCUT2D eigenvalue weighted by Gasteiger charge is -1.91. The number of allylic oxidation sites excluding steroid dienone is 4. The number of hydrogen-bond acceptors (Lipinski definition) is 0. The molecule has 0 aromatic heterocycles. The van der Waals surface area contributed by atoms with Gasteiger partial charge in [-0.1, -0.05) is 58.9 Å². The quantitative estimate of drug-likeness (QED) is 0.524. The van der Waals surface area contributed by atoms with Gasteiger partial charge in [0.2, 0.25) is 0 Å². The van der Waals surface area contributed by atoms with Gasteiger partial charge < -0.3 is 0 Å². The summed E-state index contributed by atoms with van der Waals surface area (Å²) in [5.41, 5.74) is 1.43. The van der Waals surface area contributed by atoms with E-state index in [4.69, 9.17) is 0 Å². The predicted octanol–water partition coefficient (Wildman–Crippen LogP) is 4.97. The van der Waals surface area contributed by atoms with Crippen molar-refractivity contribution in [3.8, 4) is 0 Å². The van der Waals surface area contributed by atoms with E-state index in [1.807, 2.05) is 13.8 Å². The van der Waals surface area contributed by atoms with Gasteiger partial charge >= 0.3 is 0 Å². The SMILES string of the molecule is C.C/C=C(\C=C/CC)CC.CC. The van der Waals surface area contributed by atoms with Gasteiger partial charge in [-0.25, -0.2) is 0 Å². The Morgan fingerprint density at radius 1 is 1.17 bits per heavy atom. The van der Waals surface area contributed by atoms with Gasteiger partial charge in [-0.05, 0) is 19.8 Å². The fourth-order valence-electron chi connectivity index (χ4n) is 0.687. The van der Waals surface area contributed by atoms with Crippen molar-refractivity contribution in [2.45, 2.75) is 54.9 Å². The van der Waals surface area contributed by atoms with Crippen LogP contribution in [0, 0.1) is 0 Å². The van der Waals surface area contributed by atoms with Crippen LogP contribution in [0.1, 0.15) is 54.9 Å². The summed E-state index contributed by atoms with van der Waals surface area (Å²) in [4.78, 5) is 0. The van der Waals surface area contributed by atoms with E-state index in [0.717, 1.165) is 12.8 Å². The molecule has 0 bridgehead atoms. The molecule has 0 radical (unpaired) electrons. The summed E-state index contributed by atoms with van der Waals surface area (Å²) < 4.78 is 0. The topological polar surface area (TPSA) is 0 Å². The van der Waals surface area contributed by atoms with Crippen LogP contribution < -0.4 is 0 Å². The van der Waals surface area contributed by atoms with E-state index in [0.29, 0.717) is 0 Å². The molecule has 0 heterocycles. The number of rotatable bonds is 3. The molecule has 0 aliphatic heterocycles. The fraction of sp³-hybridized carbons (Fsp3) is 0.667. The molecule has 0 aliphatic rings. The van der Waals surface area contributed by atoms with Crippen LogP contribution in [-0.4, -0.2) is 0 Å². The molecule has 0 aliphatic carbocycles. The van der Waals surface area contributed by atoms with E-state index in [2.05, 4.69) is 39.0 Å². The molecule has 12 heavy (non-hydrogen) atoms. The van der Waals surface area contributed by atoms with Crippen molar-refractivity contribution >= 4 is 0 Å². The highest BCUT2D eigenvalue weighted by Crippen LogP contribution is 2.01. The van der Waals surface area contributed by atoms with Gasteiger partial charge in [-0.3, -0.25) is 0 Å². The van der Waals surface area contributed by atoms with Crippen molar-refractivity contribution in [3.05, 3.63) is 23.8 Å². The molecular formula is C12H26. The van der Waals surface area contributed by atoms with Crippen molar-refractivity contribution in [1.29, 1.82) is 0 Å². The maximum Gasteiger partial charge on any atom is -0.0311 e. The fourth-order valence-corrected chi connectivity index (χ4v) is 0.687. The first-order valence-corrected chi connectivity index (χ1v) is 4.66. The van der Waals surface area contributed by atoms with Gasteiger partial charge in [-0.15, -0.1) is 0 Å². The minimum atomic E-state index is 0. The Hall–Kier alpha value is -0.520. The van der Waals surface area contributed by atoms with Crippen molar-refractivity contribution in [3.63, 3.8) is 0 Å². The van der Waals surface area contributed by atoms with E-state index < -0.39 is 0 Å². The zero-order valence-electron chi connectivity index (χ0n) is 8.65. The maximum absolute atomic E-state index is 2.19. The zero-order valence-corrected chi connectivity index (χ0v) is 8.65. The molecule has 0 saturated carbocycles. The Morgan fingerprint density at radius 2 is 1.67 bits per heavy atom. The third kappa shape index (κ3) is 12.2. The monoisotopic (exact) mass is 170 g/mol. The third-order valence-electron chi connectivity index (χ3n) is 1.35. The summed E-state index contributed by atoms with van der Waals surface area (Å²) in [5.74, 6) is 0. The second-order valence-electron chi connectivity index (χ2n) is 2.03. The first-order chi connectivity index (χ1) is 5.35. The molecule has 0 amide bonds. The summed E-state index contributed by atoms with van der Waals surface area (Å²) in [6.45, 7) is 10.4. The molecule has 0 spiro atoms. The molecule has 0 N–H and O–H groups in total. The molecule has 0 atom stereocenters. The highest BCUT2D eigenvalue weighted by atomic mass is 13.9. The summed E-state index contributed by atoms with van der Waals surface area (Å²) >= 11 is 0. The van der Waals surface area contributed by atoms with Gasteiger partial charge in [0.25, 0.3) is 0 Å². The Labute approximate surface area is 79.4 Å². The summed E-state index contributed by atoms with van der Waals surface area (Å²) in [6.07, 6.45) is 8.83. The van der Waals surface area contributed by atoms with Crippen molar-refractivity contribution in [2.75, 3.05) is 0 Å². The lowest BCUT2D eigenvalue weighted by molar-refractivity contribution is 1.13. The molecular weight excluding hydrogens is 144 g/mol. The number of hydrogen-bond donors (Lipinski definition) is 0. The van der Waals surface area contributed by atoms with Crippen LogP contribution in [0.4, 0.5) is 0 Å². The van der Waals surface area contributed by atoms with Crippen molar-refractivity contribution < 1.29 is 0 Å². The molecule has 74 valence electrons. The van der Waals surface area contributed by atoms with E-state index in [1.165, 1.54) is 5.57 Å². The highest BCUT2D eigenvalue weighted by molar-refractivity contribution is 5.16. The third-order valence-corrected chi connectivity index (χ3v) is 1.35. The van der Waals surface area contributed by atoms with Gasteiger partial charge in [0.05, 0.1) is 0 Å². The van der Waals surface area contributed by atoms with Gasteiger partial charge in [-0.2, -0.15) is 0 Å². The van der Waals surface area contributed by atoms with Crippen LogP contribution >= 0.6 is 0 Å². The smallest absolute Gasteiger partial charge is 0.0311 e. The Balaban J connectivity index is -0.000000249. The van der Waals surface area contributed by atoms with Crippen molar-refractivity contribution in [1.82, 2.24) is 0 Å². The molecule has 0 heteroatoms. The van der Waals surface area contributed by atoms with Gasteiger partial charge in [0.15, 0.2) is 0 Å². The lowest BCUT2D eigenvalue weighted by atomic mass is 10.2. The standard InChI is InChI=1S/C9H16.C2H6.CH4/c1-4-7-8-9(5-2)6-3;1-2;/h5,7-8H,4,6H2,1-3H3;1-2H3;1H4/b8-7-,9-5-;;. The molecule has 0 aromatic rings. The molecule has 0 fully saturated rings. The zero-order chi connectivity index (χ0) is 9.11. The molecule has 0 saturated heterocycles. The Bertz CT molecular complexity index is 107. The molecule has 0 unspecified atom stereocenters. The van der Waals surface area contributed by atoms with Gasteiger partial charge in [0, 0.05) is 0 Å². The van der Waals surface area contributed by atoms with Crippen LogP contribution in [0.2, 0.25) is 0 Å². The normalized spacial score (nSPS) is 10.2. The summed E-state index contributed by atoms with van der Waals surface area (Å²) in [7, 11) is 0. The van der Waals surface area contributed by atoms with Crippen LogP contribution in [0.5, 0.6) is 0 Å². The second kappa shape index (κ2) is 16.8. The van der Waals surface area contributed by atoms with Crippen LogP contribution in [0.25, 0.3) is 0 Å². The summed E-state index contributed by atoms with van der Waals surface area (Å²) in [6, 6.07) is 0. The van der Waals surface area contributed by atoms with E-state index in [-0.39, 0.29) is 7.43 Å². The Morgan fingerprint density at radius 3 is 1.92 bits per heavy atom. The summed E-state index contributed by atoms with van der Waals surface area (Å²) in [5, 5.41) is 0. The van der Waals surface area contributed by atoms with E-state index in [1.54, 1.807) is 0 Å². The first-order valence-electron chi connectivity index (χ1n) is 4.66. The van der Waals surface area contributed by atoms with Crippen LogP contribution in [-0.2, 0) is 0 Å². The predicted molar refractivity (Wildman–Crippen MR) is 61.6 cm³/mol. The van der Waals surface area contributed by atoms with Crippen molar-refractivity contribution in [2.24, 2.45) is 0 Å². The maximum atomic E-state index is 2.19. The highest BCUT2D eigenvalue weighted by Gasteiger charge is 1.80. The van der Waals surface area contributed by atoms with E-state index in [9.17, 15) is 0 Å². The van der Waals surface area contributed by atoms with Crippen LogP contribution in [0.3, 0.4) is 0 Å². The average molecular weight is 170 g/mol. The molecule has 0 rings (SSSR count). The Kier molecular flexibility index (Phi) is 24.6. The first kappa shape index (κ1) is 17.5. The molecule has 0 aromatic carbocycles. The largest absolute Gasteiger partial charge is 0.0845 e. The van der Waals surface area contributed by atoms with Gasteiger partial charge in [0.1, 0.15) is 0 Å². The lowest BCUT2D eigenvalue weighted by Crippen LogP contribution is -1.70. The second-order valence-corrected chi connectivity index (χ2v) is 2.03. The minimum absolute atomic E-state index is 0. The van der Waals surface area contributed by atoms with Crippen LogP contribution in [0.15, 0.2) is 23.8 Å². The minimum Gasteiger partial charge on any atom is -0.0845 e.